The van der Waals surface area contributed by atoms with Gasteiger partial charge < -0.3 is 5.11 Å². The normalized spacial score (nSPS) is 9.50. The Hall–Kier alpha value is -2.68. The van der Waals surface area contributed by atoms with Gasteiger partial charge in [-0.1, -0.05) is 5.92 Å². The second-order valence-corrected chi connectivity index (χ2v) is 2.88. The zero-order valence-corrected chi connectivity index (χ0v) is 7.91. The van der Waals surface area contributed by atoms with Crippen molar-refractivity contribution >= 4 is 17.9 Å². The van der Waals surface area contributed by atoms with Gasteiger partial charge in [-0.05, 0) is 0 Å². The summed E-state index contributed by atoms with van der Waals surface area (Å²) in [6.07, 6.45) is 4.92. The Morgan fingerprint density at radius 1 is 1.50 bits per heavy atom. The second-order valence-electron chi connectivity index (χ2n) is 2.88. The largest absolute Gasteiger partial charge is 0.472 e. The topological polar surface area (TPSA) is 84.6 Å². The number of carbonyl (C=O) groups excluding carboxylic acids is 1. The van der Waals surface area contributed by atoms with Crippen LogP contribution in [0.4, 0.5) is 0 Å². The third-order valence-electron chi connectivity index (χ3n) is 1.82. The first kappa shape index (κ1) is 9.86. The van der Waals surface area contributed by atoms with E-state index in [0.29, 0.717) is 23.1 Å². The molecule has 0 amide bonds. The molecule has 6 heteroatoms. The molecule has 0 aliphatic rings. The van der Waals surface area contributed by atoms with Gasteiger partial charge in [-0.2, -0.15) is 5.10 Å². The molecule has 0 aliphatic heterocycles. The van der Waals surface area contributed by atoms with Crippen molar-refractivity contribution in [2.75, 3.05) is 0 Å². The summed E-state index contributed by atoms with van der Waals surface area (Å²) < 4.78 is 1.37. The molecule has 0 radical (unpaired) electrons. The van der Waals surface area contributed by atoms with Crippen molar-refractivity contribution in [1.29, 1.82) is 0 Å². The van der Waals surface area contributed by atoms with E-state index in [1.165, 1.54) is 23.1 Å². The minimum atomic E-state index is -1.21. The van der Waals surface area contributed by atoms with Crippen LogP contribution in [-0.2, 0) is 4.79 Å². The van der Waals surface area contributed by atoms with Crippen molar-refractivity contribution in [3.8, 4) is 11.8 Å². The third kappa shape index (κ3) is 1.74. The summed E-state index contributed by atoms with van der Waals surface area (Å²) in [6.45, 7) is 0. The van der Waals surface area contributed by atoms with Gasteiger partial charge >= 0.3 is 5.97 Å². The first-order valence-corrected chi connectivity index (χ1v) is 4.24. The molecule has 16 heavy (non-hydrogen) atoms. The van der Waals surface area contributed by atoms with Gasteiger partial charge in [0.15, 0.2) is 11.9 Å². The average Bonchev–Trinajstić information content (AvgIpc) is 2.68. The van der Waals surface area contributed by atoms with Crippen molar-refractivity contribution in [3.05, 3.63) is 29.7 Å². The Balaban J connectivity index is 2.50. The maximum Gasteiger partial charge on any atom is 0.382 e. The van der Waals surface area contributed by atoms with Crippen LogP contribution in [0.1, 0.15) is 15.9 Å². The molecule has 1 N–H and O–H groups in total. The monoisotopic (exact) mass is 215 g/mol. The van der Waals surface area contributed by atoms with Crippen LogP contribution < -0.4 is 0 Å². The zero-order valence-electron chi connectivity index (χ0n) is 7.91. The Labute approximate surface area is 89.5 Å². The summed E-state index contributed by atoms with van der Waals surface area (Å²) in [4.78, 5) is 24.8. The number of hydrogen-bond acceptors (Lipinski definition) is 4. The zero-order chi connectivity index (χ0) is 11.5. The van der Waals surface area contributed by atoms with E-state index in [2.05, 4.69) is 16.0 Å². The standard InChI is InChI=1S/C10H5N3O3/c14-6-8-4-12-13-5-7(1-2-9(15)16)3-11-10(8)13/h3-6H,(H,15,16). The molecule has 2 aromatic rings. The number of carboxylic acid groups (broad SMARTS) is 1. The maximum absolute atomic E-state index is 10.6. The van der Waals surface area contributed by atoms with Gasteiger partial charge in [0.1, 0.15) is 0 Å². The van der Waals surface area contributed by atoms with Crippen molar-refractivity contribution < 1.29 is 14.7 Å². The Bertz CT molecular complexity index is 634. The van der Waals surface area contributed by atoms with Crippen LogP contribution in [0.2, 0.25) is 0 Å². The van der Waals surface area contributed by atoms with E-state index in [1.807, 2.05) is 5.92 Å². The summed E-state index contributed by atoms with van der Waals surface area (Å²) in [7, 11) is 0. The van der Waals surface area contributed by atoms with Gasteiger partial charge in [0.2, 0.25) is 0 Å². The molecule has 0 saturated heterocycles. The minimum Gasteiger partial charge on any atom is -0.472 e. The molecule has 2 heterocycles. The average molecular weight is 215 g/mol. The highest BCUT2D eigenvalue weighted by Gasteiger charge is 2.03. The molecule has 0 bridgehead atoms. The van der Waals surface area contributed by atoms with E-state index >= 15 is 0 Å². The van der Waals surface area contributed by atoms with Crippen molar-refractivity contribution in [1.82, 2.24) is 14.6 Å². The number of aldehydes is 1. The van der Waals surface area contributed by atoms with E-state index in [1.54, 1.807) is 0 Å². The van der Waals surface area contributed by atoms with Crippen LogP contribution in [0.25, 0.3) is 5.65 Å². The lowest BCUT2D eigenvalue weighted by molar-refractivity contribution is -0.130. The van der Waals surface area contributed by atoms with Gasteiger partial charge in [0, 0.05) is 18.3 Å². The number of fused-ring (bicyclic) bond motifs is 1. The summed E-state index contributed by atoms with van der Waals surface area (Å²) in [5.74, 6) is 3.15. The molecule has 2 aromatic heterocycles. The van der Waals surface area contributed by atoms with E-state index < -0.39 is 5.97 Å². The number of rotatable bonds is 1. The molecule has 0 spiro atoms. The summed E-state index contributed by atoms with van der Waals surface area (Å²) >= 11 is 0. The molecule has 0 aromatic carbocycles. The van der Waals surface area contributed by atoms with Gasteiger partial charge in [0.25, 0.3) is 0 Å². The lowest BCUT2D eigenvalue weighted by Crippen LogP contribution is -1.93. The number of carboxylic acids is 1. The van der Waals surface area contributed by atoms with Crippen LogP contribution in [0.5, 0.6) is 0 Å². The van der Waals surface area contributed by atoms with Gasteiger partial charge in [-0.15, -0.1) is 0 Å². The first-order valence-electron chi connectivity index (χ1n) is 4.24. The van der Waals surface area contributed by atoms with Crippen LogP contribution >= 0.6 is 0 Å². The Morgan fingerprint density at radius 3 is 3.00 bits per heavy atom. The SMILES string of the molecule is O=Cc1cnn2cc(C#CC(=O)O)cnc12. The lowest BCUT2D eigenvalue weighted by Gasteiger charge is -1.93. The Kier molecular flexibility index (Phi) is 2.36. The fraction of sp³-hybridized carbons (Fsp3) is 0. The maximum atomic E-state index is 10.6. The predicted octanol–water partition coefficient (Wildman–Crippen LogP) is -0.0221. The van der Waals surface area contributed by atoms with Crippen LogP contribution in [0.3, 0.4) is 0 Å². The molecule has 6 nitrogen and oxygen atoms in total. The van der Waals surface area contributed by atoms with Crippen LogP contribution in [-0.4, -0.2) is 32.0 Å². The van der Waals surface area contributed by atoms with Crippen molar-refractivity contribution in [2.45, 2.75) is 0 Å². The van der Waals surface area contributed by atoms with Crippen molar-refractivity contribution in [2.24, 2.45) is 0 Å². The van der Waals surface area contributed by atoms with Gasteiger partial charge in [-0.3, -0.25) is 4.79 Å². The summed E-state index contributed by atoms with van der Waals surface area (Å²) in [5.41, 5.74) is 1.20. The molecule has 0 aliphatic carbocycles. The van der Waals surface area contributed by atoms with E-state index in [4.69, 9.17) is 5.11 Å². The molecular weight excluding hydrogens is 210 g/mol. The summed E-state index contributed by atoms with van der Waals surface area (Å²) in [6, 6.07) is 0. The third-order valence-corrected chi connectivity index (χ3v) is 1.82. The van der Waals surface area contributed by atoms with Crippen LogP contribution in [0.15, 0.2) is 18.6 Å². The highest BCUT2D eigenvalue weighted by Crippen LogP contribution is 2.05. The second kappa shape index (κ2) is 3.82. The van der Waals surface area contributed by atoms with E-state index in [9.17, 15) is 9.59 Å². The first-order chi connectivity index (χ1) is 7.70. The number of aromatic nitrogens is 3. The molecule has 0 unspecified atom stereocenters. The number of nitrogens with zero attached hydrogens (tertiary/aromatic N) is 3. The fourth-order valence-corrected chi connectivity index (χ4v) is 1.17. The lowest BCUT2D eigenvalue weighted by atomic mass is 10.3. The molecule has 2 rings (SSSR count). The smallest absolute Gasteiger partial charge is 0.382 e. The van der Waals surface area contributed by atoms with Gasteiger partial charge in [0.05, 0.1) is 17.3 Å². The van der Waals surface area contributed by atoms with Crippen LogP contribution in [0, 0.1) is 11.8 Å². The highest BCUT2D eigenvalue weighted by molar-refractivity contribution is 5.87. The minimum absolute atomic E-state index is 0.373. The number of aliphatic carboxylic acids is 1. The molecule has 0 saturated carbocycles. The predicted molar refractivity (Wildman–Crippen MR) is 52.9 cm³/mol. The fourth-order valence-electron chi connectivity index (χ4n) is 1.17. The van der Waals surface area contributed by atoms with Gasteiger partial charge in [-0.25, -0.2) is 14.3 Å². The van der Waals surface area contributed by atoms with Crippen molar-refractivity contribution in [3.63, 3.8) is 0 Å². The highest BCUT2D eigenvalue weighted by atomic mass is 16.4. The quantitative estimate of drug-likeness (QED) is 0.533. The molecular formula is C10H5N3O3. The molecule has 0 atom stereocenters. The molecule has 0 fully saturated rings. The number of carbonyl (C=O) groups is 2. The van der Waals surface area contributed by atoms with E-state index in [0.717, 1.165) is 0 Å². The number of hydrogen-bond donors (Lipinski definition) is 1. The van der Waals surface area contributed by atoms with E-state index in [-0.39, 0.29) is 0 Å². The molecule has 78 valence electrons. The summed E-state index contributed by atoms with van der Waals surface area (Å²) in [5, 5.41) is 12.3. The Morgan fingerprint density at radius 2 is 2.31 bits per heavy atom.